The van der Waals surface area contributed by atoms with Gasteiger partial charge in [-0.1, -0.05) is 30.3 Å². The number of para-hydroxylation sites is 1. The van der Waals surface area contributed by atoms with E-state index < -0.39 is 89.9 Å². The zero-order valence-electron chi connectivity index (χ0n) is 39.5. The number of rotatable bonds is 27. The van der Waals surface area contributed by atoms with Crippen molar-refractivity contribution in [2.45, 2.75) is 105 Å². The molecular formula is C47H62N10O12S2. The zero-order valence-corrected chi connectivity index (χ0v) is 41.2. The fourth-order valence-electron chi connectivity index (χ4n) is 7.89. The van der Waals surface area contributed by atoms with Gasteiger partial charge in [-0.2, -0.15) is 12.6 Å². The summed E-state index contributed by atoms with van der Waals surface area (Å²) in [6, 6.07) is 10.6. The largest absolute Gasteiger partial charge is 0.394 e. The number of thioether (sulfide) groups is 1. The molecular weight excluding hydrogens is 961 g/mol. The quantitative estimate of drug-likeness (QED) is 0.0190. The van der Waals surface area contributed by atoms with Gasteiger partial charge in [0.1, 0.15) is 18.4 Å². The molecule has 0 bridgehead atoms. The topological polar surface area (TPSA) is 318 Å². The first-order valence-corrected chi connectivity index (χ1v) is 24.8. The lowest BCUT2D eigenvalue weighted by Crippen LogP contribution is -2.53. The van der Waals surface area contributed by atoms with Crippen LogP contribution < -0.4 is 37.2 Å². The predicted molar refractivity (Wildman–Crippen MR) is 265 cm³/mol. The first kappa shape index (κ1) is 55.6. The molecule has 1 aromatic heterocycles. The number of hydrogen-bond donors (Lipinski definition) is 11. The molecule has 2 aliphatic rings. The number of aldehydes is 1. The summed E-state index contributed by atoms with van der Waals surface area (Å²) in [6.07, 6.45) is 0.515. The highest BCUT2D eigenvalue weighted by Crippen LogP contribution is 2.30. The first-order chi connectivity index (χ1) is 34.0. The van der Waals surface area contributed by atoms with Crippen molar-refractivity contribution in [3.8, 4) is 0 Å². The van der Waals surface area contributed by atoms with Gasteiger partial charge < -0.3 is 57.2 Å². The summed E-state index contributed by atoms with van der Waals surface area (Å²) >= 11 is 5.41. The van der Waals surface area contributed by atoms with Crippen LogP contribution in [0.2, 0.25) is 0 Å². The van der Waals surface area contributed by atoms with Crippen molar-refractivity contribution in [2.75, 3.05) is 50.9 Å². The predicted octanol–water partition coefficient (Wildman–Crippen LogP) is -0.972. The van der Waals surface area contributed by atoms with Crippen molar-refractivity contribution in [3.05, 3.63) is 59.7 Å². The number of likely N-dealkylation sites (N-methyl/N-ethyl adjacent to an activating group) is 1. The number of aromatic amines is 1. The van der Waals surface area contributed by atoms with Crippen molar-refractivity contribution in [3.63, 3.8) is 0 Å². The molecule has 2 aliphatic heterocycles. The molecule has 0 saturated carbocycles. The lowest BCUT2D eigenvalue weighted by Gasteiger charge is -2.24. The van der Waals surface area contributed by atoms with Crippen LogP contribution in [0.25, 0.3) is 10.9 Å². The Labute approximate surface area is 419 Å². The maximum atomic E-state index is 13.3. The number of nitrogens with one attached hydrogen (secondary N) is 8. The van der Waals surface area contributed by atoms with E-state index in [9.17, 15) is 58.2 Å². The highest BCUT2D eigenvalue weighted by molar-refractivity contribution is 7.99. The third-order valence-electron chi connectivity index (χ3n) is 11.8. The molecule has 0 radical (unpaired) electrons. The second-order valence-corrected chi connectivity index (χ2v) is 19.0. The molecule has 0 aliphatic carbocycles. The molecule has 2 aromatic carbocycles. The number of aromatic nitrogens is 1. The molecule has 3 heterocycles. The number of anilines is 1. The standard InChI is InChI=1S/C47H62N10O12S2/c1-27(51-41(64)24-50-38(61)14-18-57-42(65)22-37(70)47(57)69)43(66)53-29-11-9-28(10-12-29)23-49-40(63)20-30(25-58)52-39(62)15-19-71-46-33(32-6-3-4-7-34(32)55-46)13-16-48-44(67)35(21-31(60)26-59)54-45(68)36-8-5-17-56(36)2/h3-4,6-7,9-12,25,27,30-31,35-37,55,59-60,70H,5,8,13-24,26H2,1-2H3,(H,48,67)(H,49,63)(H,50,61)(H,51,64)(H,52,62)(H,53,66)(H,54,68)/t27-,30-,31+,35?,36-,37?/m0/s1. The van der Waals surface area contributed by atoms with Gasteiger partial charge in [-0.25, -0.2) is 0 Å². The fraction of sp³-hybridized carbons (Fsp3) is 0.489. The molecule has 22 nitrogen and oxygen atoms in total. The normalized spacial score (nSPS) is 17.5. The van der Waals surface area contributed by atoms with Crippen LogP contribution in [-0.2, 0) is 60.9 Å². The van der Waals surface area contributed by atoms with E-state index >= 15 is 0 Å². The number of amides is 9. The second-order valence-electron chi connectivity index (χ2n) is 17.3. The summed E-state index contributed by atoms with van der Waals surface area (Å²) in [5.74, 6) is -4.05. The van der Waals surface area contributed by atoms with E-state index in [4.69, 9.17) is 0 Å². The number of carbonyl (C=O) groups excluding carboxylic acids is 10. The fourth-order valence-corrected chi connectivity index (χ4v) is 9.25. The third-order valence-corrected chi connectivity index (χ3v) is 13.3. The Bertz CT molecular complexity index is 2420. The molecule has 2 saturated heterocycles. The van der Waals surface area contributed by atoms with E-state index in [0.29, 0.717) is 36.1 Å². The van der Waals surface area contributed by atoms with E-state index in [1.165, 1.54) is 18.7 Å². The molecule has 24 heteroatoms. The minimum atomic E-state index is -1.20. The van der Waals surface area contributed by atoms with Gasteiger partial charge >= 0.3 is 0 Å². The Balaban J connectivity index is 1.000. The summed E-state index contributed by atoms with van der Waals surface area (Å²) in [7, 11) is 1.84. The summed E-state index contributed by atoms with van der Waals surface area (Å²) in [6.45, 7) is 1.36. The molecule has 9 amide bonds. The summed E-state index contributed by atoms with van der Waals surface area (Å²) in [5.41, 5.74) is 2.81. The van der Waals surface area contributed by atoms with Gasteiger partial charge in [0.15, 0.2) is 0 Å². The van der Waals surface area contributed by atoms with Crippen LogP contribution in [-0.4, -0.2) is 166 Å². The van der Waals surface area contributed by atoms with Gasteiger partial charge in [0, 0.05) is 67.7 Å². The van der Waals surface area contributed by atoms with Crippen molar-refractivity contribution < 1.29 is 58.2 Å². The van der Waals surface area contributed by atoms with Gasteiger partial charge in [-0.05, 0) is 69.1 Å². The van der Waals surface area contributed by atoms with E-state index in [0.717, 1.165) is 39.4 Å². The molecule has 71 heavy (non-hydrogen) atoms. The Morgan fingerprint density at radius 2 is 1.66 bits per heavy atom. The molecule has 6 atom stereocenters. The Hall–Kier alpha value is -6.34. The van der Waals surface area contributed by atoms with Crippen LogP contribution in [0.15, 0.2) is 53.6 Å². The van der Waals surface area contributed by atoms with Crippen molar-refractivity contribution >= 4 is 100 Å². The molecule has 2 unspecified atom stereocenters. The number of hydrogen-bond acceptors (Lipinski definition) is 15. The monoisotopic (exact) mass is 1020 g/mol. The number of H-pyrrole nitrogens is 1. The number of aliphatic hydroxyl groups excluding tert-OH is 2. The van der Waals surface area contributed by atoms with Crippen LogP contribution >= 0.6 is 24.4 Å². The average Bonchev–Trinajstić information content (AvgIpc) is 4.01. The number of likely N-dealkylation sites (tertiary alicyclic amines) is 2. The summed E-state index contributed by atoms with van der Waals surface area (Å²) in [4.78, 5) is 131. The smallest absolute Gasteiger partial charge is 0.246 e. The van der Waals surface area contributed by atoms with E-state index in [2.05, 4.69) is 54.8 Å². The SMILES string of the molecule is C[C@H](NC(=O)CNC(=O)CCN1C(=O)CC(S)C1=O)C(=O)Nc1ccc(CNC(=O)C[C@@H](C=O)NC(=O)CCSc2[nH]c3ccccc3c2CCNC(=O)C(C[C@@H](O)CO)NC(=O)[C@@H]2CCCN2C)cc1. The lowest BCUT2D eigenvalue weighted by atomic mass is 10.1. The van der Waals surface area contributed by atoms with Crippen molar-refractivity contribution in [2.24, 2.45) is 0 Å². The van der Waals surface area contributed by atoms with Crippen LogP contribution in [0.5, 0.6) is 0 Å². The summed E-state index contributed by atoms with van der Waals surface area (Å²) in [5, 5.41) is 39.0. The molecule has 10 N–H and O–H groups in total. The molecule has 384 valence electrons. The van der Waals surface area contributed by atoms with Crippen LogP contribution in [0.1, 0.15) is 63.0 Å². The number of imide groups is 1. The Morgan fingerprint density at radius 1 is 0.915 bits per heavy atom. The van der Waals surface area contributed by atoms with Crippen LogP contribution in [0, 0.1) is 0 Å². The Morgan fingerprint density at radius 3 is 2.34 bits per heavy atom. The third kappa shape index (κ3) is 16.9. The first-order valence-electron chi connectivity index (χ1n) is 23.2. The van der Waals surface area contributed by atoms with Crippen LogP contribution in [0.4, 0.5) is 5.69 Å². The van der Waals surface area contributed by atoms with Gasteiger partial charge in [-0.3, -0.25) is 53.0 Å². The maximum Gasteiger partial charge on any atom is 0.246 e. The lowest BCUT2D eigenvalue weighted by molar-refractivity contribution is -0.139. The molecule has 5 rings (SSSR count). The molecule has 0 spiro atoms. The molecule has 3 aromatic rings. The minimum Gasteiger partial charge on any atom is -0.394 e. The maximum absolute atomic E-state index is 13.3. The summed E-state index contributed by atoms with van der Waals surface area (Å²) < 4.78 is 0. The van der Waals surface area contributed by atoms with E-state index in [1.54, 1.807) is 24.3 Å². The van der Waals surface area contributed by atoms with Crippen molar-refractivity contribution in [1.29, 1.82) is 0 Å². The van der Waals surface area contributed by atoms with E-state index in [1.807, 2.05) is 36.2 Å². The van der Waals surface area contributed by atoms with Gasteiger partial charge in [0.25, 0.3) is 0 Å². The number of nitrogens with zero attached hydrogens (tertiary/aromatic N) is 2. The van der Waals surface area contributed by atoms with Gasteiger partial charge in [0.2, 0.25) is 53.2 Å². The highest BCUT2D eigenvalue weighted by Gasteiger charge is 2.36. The second kappa shape index (κ2) is 27.3. The van der Waals surface area contributed by atoms with Crippen LogP contribution in [0.3, 0.4) is 0 Å². The van der Waals surface area contributed by atoms with Gasteiger partial charge in [0.05, 0.1) is 48.0 Å². The van der Waals surface area contributed by atoms with Gasteiger partial charge in [-0.15, -0.1) is 11.8 Å². The average molecular weight is 1020 g/mol. The Kier molecular flexibility index (Phi) is 21.4. The van der Waals surface area contributed by atoms with E-state index in [-0.39, 0.29) is 63.7 Å². The number of fused-ring (bicyclic) bond motifs is 1. The zero-order chi connectivity index (χ0) is 51.6. The van der Waals surface area contributed by atoms with Crippen molar-refractivity contribution in [1.82, 2.24) is 46.7 Å². The number of carbonyl (C=O) groups is 10. The number of benzene rings is 2. The number of thiol groups is 1. The molecule has 2 fully saturated rings. The highest BCUT2D eigenvalue weighted by atomic mass is 32.2. The number of aliphatic hydroxyl groups is 2. The minimum absolute atomic E-state index is 0.0194.